The van der Waals surface area contributed by atoms with Crippen LogP contribution in [0.15, 0.2) is 12.3 Å². The number of aromatic nitrogens is 1. The van der Waals surface area contributed by atoms with Crippen molar-refractivity contribution >= 4 is 5.82 Å². The molecule has 5 heteroatoms. The lowest BCUT2D eigenvalue weighted by molar-refractivity contribution is 0.0209. The van der Waals surface area contributed by atoms with Gasteiger partial charge in [0.25, 0.3) is 0 Å². The number of nitrogens with one attached hydrogen (secondary N) is 1. The van der Waals surface area contributed by atoms with Crippen molar-refractivity contribution in [3.63, 3.8) is 0 Å². The molecule has 1 N–H and O–H groups in total. The number of hydrogen-bond donors (Lipinski definition) is 1. The summed E-state index contributed by atoms with van der Waals surface area (Å²) in [7, 11) is 1.97. The van der Waals surface area contributed by atoms with Gasteiger partial charge in [0.1, 0.15) is 5.82 Å². The number of aryl methyl sites for hydroxylation is 1. The monoisotopic (exact) mass is 290 g/mol. The van der Waals surface area contributed by atoms with Crippen LogP contribution in [-0.2, 0) is 11.3 Å². The zero-order valence-electron chi connectivity index (χ0n) is 13.1. The summed E-state index contributed by atoms with van der Waals surface area (Å²) in [6.45, 7) is 9.17. The Labute approximate surface area is 127 Å². The van der Waals surface area contributed by atoms with Crippen molar-refractivity contribution in [2.45, 2.75) is 25.9 Å². The lowest BCUT2D eigenvalue weighted by Gasteiger charge is -2.32. The third kappa shape index (κ3) is 3.36. The number of morpholine rings is 1. The topological polar surface area (TPSA) is 40.6 Å². The molecule has 3 rings (SSSR count). The summed E-state index contributed by atoms with van der Waals surface area (Å²) in [6.07, 6.45) is 3.24. The second kappa shape index (κ2) is 6.73. The van der Waals surface area contributed by atoms with Crippen molar-refractivity contribution in [3.8, 4) is 0 Å². The number of ether oxygens (including phenoxy) is 1. The van der Waals surface area contributed by atoms with Gasteiger partial charge in [0, 0.05) is 45.0 Å². The van der Waals surface area contributed by atoms with E-state index in [1.54, 1.807) is 0 Å². The number of nitrogens with zero attached hydrogens (tertiary/aromatic N) is 3. The molecular weight excluding hydrogens is 264 g/mol. The van der Waals surface area contributed by atoms with Gasteiger partial charge in [0.05, 0.1) is 13.2 Å². The van der Waals surface area contributed by atoms with Gasteiger partial charge in [-0.05, 0) is 37.6 Å². The molecule has 1 aromatic heterocycles. The molecular formula is C16H26N4O. The summed E-state index contributed by atoms with van der Waals surface area (Å²) >= 11 is 0. The van der Waals surface area contributed by atoms with Gasteiger partial charge in [-0.2, -0.15) is 0 Å². The third-order valence-electron chi connectivity index (χ3n) is 4.51. The maximum atomic E-state index is 5.45. The van der Waals surface area contributed by atoms with Crippen molar-refractivity contribution < 1.29 is 4.74 Å². The largest absolute Gasteiger partial charge is 0.379 e. The number of hydrogen-bond acceptors (Lipinski definition) is 5. The molecule has 0 spiro atoms. The minimum absolute atomic E-state index is 0.659. The fraction of sp³-hybridized carbons (Fsp3) is 0.688. The van der Waals surface area contributed by atoms with E-state index in [1.807, 2.05) is 13.2 Å². The minimum atomic E-state index is 0.659. The van der Waals surface area contributed by atoms with E-state index >= 15 is 0 Å². The van der Waals surface area contributed by atoms with E-state index < -0.39 is 0 Å². The number of pyridine rings is 1. The summed E-state index contributed by atoms with van der Waals surface area (Å²) in [5.41, 5.74) is 2.54. The lowest BCUT2D eigenvalue weighted by Crippen LogP contribution is -2.44. The average Bonchev–Trinajstić information content (AvgIpc) is 2.98. The van der Waals surface area contributed by atoms with Crippen molar-refractivity contribution in [1.29, 1.82) is 0 Å². The van der Waals surface area contributed by atoms with Crippen LogP contribution in [0.4, 0.5) is 5.82 Å². The molecule has 0 aliphatic carbocycles. The zero-order chi connectivity index (χ0) is 14.7. The molecule has 5 nitrogen and oxygen atoms in total. The Balaban J connectivity index is 1.65. The van der Waals surface area contributed by atoms with Crippen molar-refractivity contribution in [1.82, 2.24) is 15.2 Å². The average molecular weight is 290 g/mol. The van der Waals surface area contributed by atoms with Crippen LogP contribution in [0.1, 0.15) is 17.5 Å². The normalized spacial score (nSPS) is 23.7. The Morgan fingerprint density at radius 1 is 1.33 bits per heavy atom. The fourth-order valence-corrected chi connectivity index (χ4v) is 3.43. The Morgan fingerprint density at radius 2 is 2.14 bits per heavy atom. The smallest absolute Gasteiger partial charge is 0.131 e. The Bertz CT molecular complexity index is 473. The van der Waals surface area contributed by atoms with Crippen LogP contribution in [0.2, 0.25) is 0 Å². The Kier molecular flexibility index (Phi) is 4.73. The van der Waals surface area contributed by atoms with E-state index in [0.29, 0.717) is 6.04 Å². The van der Waals surface area contributed by atoms with E-state index in [-0.39, 0.29) is 0 Å². The first-order valence-corrected chi connectivity index (χ1v) is 7.95. The molecule has 0 saturated carbocycles. The van der Waals surface area contributed by atoms with Crippen molar-refractivity contribution in [3.05, 3.63) is 23.4 Å². The van der Waals surface area contributed by atoms with Gasteiger partial charge in [0.2, 0.25) is 0 Å². The Morgan fingerprint density at radius 3 is 2.86 bits per heavy atom. The summed E-state index contributed by atoms with van der Waals surface area (Å²) in [4.78, 5) is 9.72. The molecule has 0 radical (unpaired) electrons. The highest BCUT2D eigenvalue weighted by Crippen LogP contribution is 2.25. The minimum Gasteiger partial charge on any atom is -0.379 e. The van der Waals surface area contributed by atoms with Gasteiger partial charge >= 0.3 is 0 Å². The first kappa shape index (κ1) is 14.8. The molecule has 116 valence electrons. The van der Waals surface area contributed by atoms with Crippen LogP contribution in [0.5, 0.6) is 0 Å². The maximum absolute atomic E-state index is 5.45. The highest BCUT2D eigenvalue weighted by atomic mass is 16.5. The summed E-state index contributed by atoms with van der Waals surface area (Å²) < 4.78 is 5.45. The van der Waals surface area contributed by atoms with E-state index in [4.69, 9.17) is 9.72 Å². The highest BCUT2D eigenvalue weighted by Gasteiger charge is 2.29. The second-order valence-electron chi connectivity index (χ2n) is 6.05. The van der Waals surface area contributed by atoms with Crippen LogP contribution in [0, 0.1) is 6.92 Å². The van der Waals surface area contributed by atoms with Gasteiger partial charge < -0.3 is 15.0 Å². The Hall–Kier alpha value is -1.17. The molecule has 3 heterocycles. The summed E-state index contributed by atoms with van der Waals surface area (Å²) in [5, 5.41) is 3.18. The molecule has 0 aromatic carbocycles. The number of rotatable bonds is 4. The molecule has 2 aliphatic rings. The third-order valence-corrected chi connectivity index (χ3v) is 4.51. The van der Waals surface area contributed by atoms with Crippen LogP contribution in [0.25, 0.3) is 0 Å². The van der Waals surface area contributed by atoms with Crippen LogP contribution >= 0.6 is 0 Å². The van der Waals surface area contributed by atoms with E-state index in [2.05, 4.69) is 28.1 Å². The van der Waals surface area contributed by atoms with Gasteiger partial charge in [-0.15, -0.1) is 0 Å². The predicted molar refractivity (Wildman–Crippen MR) is 84.7 cm³/mol. The van der Waals surface area contributed by atoms with E-state index in [1.165, 1.54) is 17.5 Å². The van der Waals surface area contributed by atoms with Crippen LogP contribution < -0.4 is 10.2 Å². The molecule has 2 aliphatic heterocycles. The highest BCUT2D eigenvalue weighted by molar-refractivity contribution is 5.48. The van der Waals surface area contributed by atoms with Crippen LogP contribution in [-0.4, -0.2) is 62.4 Å². The summed E-state index contributed by atoms with van der Waals surface area (Å²) in [5.74, 6) is 1.16. The fourth-order valence-electron chi connectivity index (χ4n) is 3.43. The van der Waals surface area contributed by atoms with E-state index in [9.17, 15) is 0 Å². The maximum Gasteiger partial charge on any atom is 0.131 e. The van der Waals surface area contributed by atoms with Crippen molar-refractivity contribution in [2.24, 2.45) is 0 Å². The SMILES string of the molecule is CNCc1cnc(N2CCC(N3CCOCC3)C2)c(C)c1. The van der Waals surface area contributed by atoms with Crippen molar-refractivity contribution in [2.75, 3.05) is 51.3 Å². The first-order chi connectivity index (χ1) is 10.3. The molecule has 21 heavy (non-hydrogen) atoms. The van der Waals surface area contributed by atoms with Gasteiger partial charge in [-0.1, -0.05) is 0 Å². The molecule has 1 aromatic rings. The molecule has 0 bridgehead atoms. The van der Waals surface area contributed by atoms with Gasteiger partial charge in [-0.25, -0.2) is 4.98 Å². The van der Waals surface area contributed by atoms with E-state index in [0.717, 1.165) is 51.8 Å². The number of anilines is 1. The first-order valence-electron chi connectivity index (χ1n) is 7.95. The molecule has 1 atom stereocenters. The zero-order valence-corrected chi connectivity index (χ0v) is 13.1. The lowest BCUT2D eigenvalue weighted by atomic mass is 10.2. The molecule has 0 amide bonds. The molecule has 1 unspecified atom stereocenters. The summed E-state index contributed by atoms with van der Waals surface area (Å²) in [6, 6.07) is 2.91. The van der Waals surface area contributed by atoms with Gasteiger partial charge in [-0.3, -0.25) is 4.90 Å². The quantitative estimate of drug-likeness (QED) is 0.896. The van der Waals surface area contributed by atoms with Gasteiger partial charge in [0.15, 0.2) is 0 Å². The standard InChI is InChI=1S/C16H26N4O/c1-13-9-14(10-17-2)11-18-16(13)20-4-3-15(12-20)19-5-7-21-8-6-19/h9,11,15,17H,3-8,10,12H2,1-2H3. The second-order valence-corrected chi connectivity index (χ2v) is 6.05. The molecule has 2 fully saturated rings. The molecule has 2 saturated heterocycles. The predicted octanol–water partition coefficient (Wildman–Crippen LogP) is 1.02. The van der Waals surface area contributed by atoms with Crippen LogP contribution in [0.3, 0.4) is 0 Å².